The van der Waals surface area contributed by atoms with Gasteiger partial charge in [0.2, 0.25) is 10.0 Å². The standard InChI is InChI=1S/C18H19ClN4O5S/c1-12-4-7-17(13(2)8-12)22(29(3,27)28)11-18(24)21-20-10-14-9-15(23(25)26)5-6-16(14)19/h4-10H,11H2,1-3H3,(H,21,24)/b20-10-. The SMILES string of the molecule is Cc1ccc(N(CC(=O)N/N=C\c2cc([N+](=O)[O-])ccc2Cl)S(C)(=O)=O)c(C)c1. The van der Waals surface area contributed by atoms with E-state index in [9.17, 15) is 23.3 Å². The van der Waals surface area contributed by atoms with E-state index in [1.54, 1.807) is 19.1 Å². The Hall–Kier alpha value is -2.98. The minimum Gasteiger partial charge on any atom is -0.271 e. The average Bonchev–Trinajstić information content (AvgIpc) is 2.60. The highest BCUT2D eigenvalue weighted by Gasteiger charge is 2.22. The van der Waals surface area contributed by atoms with Gasteiger partial charge in [0.15, 0.2) is 0 Å². The molecule has 0 spiro atoms. The number of aryl methyl sites for hydroxylation is 2. The summed E-state index contributed by atoms with van der Waals surface area (Å²) in [5, 5.41) is 14.8. The van der Waals surface area contributed by atoms with E-state index in [1.807, 2.05) is 13.0 Å². The summed E-state index contributed by atoms with van der Waals surface area (Å²) in [4.78, 5) is 22.5. The van der Waals surface area contributed by atoms with E-state index in [4.69, 9.17) is 11.6 Å². The molecule has 0 saturated carbocycles. The smallest absolute Gasteiger partial charge is 0.270 e. The third-order valence-corrected chi connectivity index (χ3v) is 5.36. The number of hydrogen-bond acceptors (Lipinski definition) is 6. The second kappa shape index (κ2) is 9.01. The van der Waals surface area contributed by atoms with Gasteiger partial charge in [-0.25, -0.2) is 13.8 Å². The molecule has 0 aliphatic carbocycles. The number of hydrazone groups is 1. The molecule has 0 aliphatic rings. The molecule has 2 rings (SSSR count). The summed E-state index contributed by atoms with van der Waals surface area (Å²) in [5.41, 5.74) is 4.31. The van der Waals surface area contributed by atoms with Crippen molar-refractivity contribution in [3.05, 3.63) is 68.2 Å². The quantitative estimate of drug-likeness (QED) is 0.404. The molecule has 154 valence electrons. The molecule has 0 aliphatic heterocycles. The Morgan fingerprint density at radius 1 is 1.28 bits per heavy atom. The number of rotatable bonds is 7. The number of halogens is 1. The Labute approximate surface area is 173 Å². The maximum Gasteiger partial charge on any atom is 0.270 e. The van der Waals surface area contributed by atoms with Gasteiger partial charge in [-0.1, -0.05) is 29.3 Å². The van der Waals surface area contributed by atoms with Crippen molar-refractivity contribution in [1.29, 1.82) is 0 Å². The molecule has 2 aromatic carbocycles. The van der Waals surface area contributed by atoms with Gasteiger partial charge in [-0.2, -0.15) is 5.10 Å². The van der Waals surface area contributed by atoms with Gasteiger partial charge in [-0.3, -0.25) is 19.2 Å². The maximum absolute atomic E-state index is 12.2. The first-order valence-corrected chi connectivity index (χ1v) is 10.5. The van der Waals surface area contributed by atoms with E-state index in [0.717, 1.165) is 22.3 Å². The first-order valence-electron chi connectivity index (χ1n) is 8.30. The summed E-state index contributed by atoms with van der Waals surface area (Å²) in [6.45, 7) is 3.14. The molecule has 29 heavy (non-hydrogen) atoms. The molecule has 11 heteroatoms. The normalized spacial score (nSPS) is 11.4. The van der Waals surface area contributed by atoms with Crippen LogP contribution < -0.4 is 9.73 Å². The van der Waals surface area contributed by atoms with Crippen LogP contribution >= 0.6 is 11.6 Å². The number of carbonyl (C=O) groups is 1. The molecule has 0 heterocycles. The lowest BCUT2D eigenvalue weighted by Crippen LogP contribution is -2.39. The largest absolute Gasteiger partial charge is 0.271 e. The van der Waals surface area contributed by atoms with Gasteiger partial charge in [-0.15, -0.1) is 0 Å². The lowest BCUT2D eigenvalue weighted by molar-refractivity contribution is -0.384. The Kier molecular flexibility index (Phi) is 6.93. The molecule has 1 amide bonds. The summed E-state index contributed by atoms with van der Waals surface area (Å²) in [5.74, 6) is -0.687. The first-order chi connectivity index (χ1) is 13.5. The average molecular weight is 439 g/mol. The molecular formula is C18H19ClN4O5S. The fourth-order valence-corrected chi connectivity index (χ4v) is 3.63. The molecule has 2 aromatic rings. The highest BCUT2D eigenvalue weighted by Crippen LogP contribution is 2.23. The van der Waals surface area contributed by atoms with E-state index in [2.05, 4.69) is 10.5 Å². The number of hydrogen-bond donors (Lipinski definition) is 1. The van der Waals surface area contributed by atoms with Crippen LogP contribution in [0.3, 0.4) is 0 Å². The van der Waals surface area contributed by atoms with Gasteiger partial charge in [-0.05, 0) is 31.5 Å². The number of benzene rings is 2. The topological polar surface area (TPSA) is 122 Å². The van der Waals surface area contributed by atoms with Crippen LogP contribution in [0.4, 0.5) is 11.4 Å². The minimum absolute atomic E-state index is 0.180. The lowest BCUT2D eigenvalue weighted by Gasteiger charge is -2.23. The van der Waals surface area contributed by atoms with Gasteiger partial charge in [0.25, 0.3) is 11.6 Å². The highest BCUT2D eigenvalue weighted by atomic mass is 35.5. The highest BCUT2D eigenvalue weighted by molar-refractivity contribution is 7.92. The number of nitrogens with zero attached hydrogens (tertiary/aromatic N) is 3. The van der Waals surface area contributed by atoms with Gasteiger partial charge < -0.3 is 0 Å². The van der Waals surface area contributed by atoms with Crippen LogP contribution in [0.15, 0.2) is 41.5 Å². The molecule has 1 N–H and O–H groups in total. The van der Waals surface area contributed by atoms with Crippen LogP contribution in [-0.2, 0) is 14.8 Å². The lowest BCUT2D eigenvalue weighted by atomic mass is 10.1. The van der Waals surface area contributed by atoms with Crippen molar-refractivity contribution in [2.24, 2.45) is 5.10 Å². The Morgan fingerprint density at radius 2 is 1.97 bits per heavy atom. The van der Waals surface area contributed by atoms with E-state index in [0.29, 0.717) is 11.3 Å². The fraction of sp³-hybridized carbons (Fsp3) is 0.222. The molecular weight excluding hydrogens is 420 g/mol. The summed E-state index contributed by atoms with van der Waals surface area (Å²) < 4.78 is 25.3. The predicted octanol–water partition coefficient (Wildman–Crippen LogP) is 2.78. The maximum atomic E-state index is 12.2. The second-order valence-electron chi connectivity index (χ2n) is 6.32. The van der Waals surface area contributed by atoms with Crippen LogP contribution in [0.1, 0.15) is 16.7 Å². The molecule has 0 unspecified atom stereocenters. The van der Waals surface area contributed by atoms with Gasteiger partial charge >= 0.3 is 0 Å². The number of nitrogens with one attached hydrogen (secondary N) is 1. The van der Waals surface area contributed by atoms with Crippen LogP contribution in [0.25, 0.3) is 0 Å². The van der Waals surface area contributed by atoms with Crippen LogP contribution in [0.5, 0.6) is 0 Å². The third-order valence-electron chi connectivity index (χ3n) is 3.89. The summed E-state index contributed by atoms with van der Waals surface area (Å²) >= 11 is 5.96. The van der Waals surface area contributed by atoms with Crippen molar-refractivity contribution in [2.75, 3.05) is 17.1 Å². The summed E-state index contributed by atoms with van der Waals surface area (Å²) in [6, 6.07) is 8.98. The molecule has 0 atom stereocenters. The van der Waals surface area contributed by atoms with Crippen LogP contribution in [0.2, 0.25) is 5.02 Å². The summed E-state index contributed by atoms with van der Waals surface area (Å²) in [6.07, 6.45) is 2.15. The van der Waals surface area contributed by atoms with Gasteiger partial charge in [0.05, 0.1) is 23.1 Å². The van der Waals surface area contributed by atoms with Crippen LogP contribution in [-0.4, -0.2) is 38.3 Å². The van der Waals surface area contributed by atoms with Gasteiger partial charge in [0, 0.05) is 22.7 Å². The number of carbonyl (C=O) groups excluding carboxylic acids is 1. The number of anilines is 1. The number of nitro benzene ring substituents is 1. The third kappa shape index (κ3) is 6.00. The van der Waals surface area contributed by atoms with Crippen molar-refractivity contribution in [1.82, 2.24) is 5.43 Å². The molecule has 0 fully saturated rings. The van der Waals surface area contributed by atoms with Crippen molar-refractivity contribution >= 4 is 45.1 Å². The number of non-ortho nitro benzene ring substituents is 1. The minimum atomic E-state index is -3.72. The zero-order chi connectivity index (χ0) is 21.8. The predicted molar refractivity (Wildman–Crippen MR) is 112 cm³/mol. The monoisotopic (exact) mass is 438 g/mol. The Balaban J connectivity index is 2.16. The van der Waals surface area contributed by atoms with Crippen molar-refractivity contribution in [2.45, 2.75) is 13.8 Å². The van der Waals surface area contributed by atoms with E-state index in [-0.39, 0.29) is 16.3 Å². The van der Waals surface area contributed by atoms with Gasteiger partial charge in [0.1, 0.15) is 6.54 Å². The van der Waals surface area contributed by atoms with E-state index < -0.39 is 27.4 Å². The van der Waals surface area contributed by atoms with E-state index >= 15 is 0 Å². The van der Waals surface area contributed by atoms with Crippen molar-refractivity contribution in [3.8, 4) is 0 Å². The first kappa shape index (κ1) is 22.3. The fourth-order valence-electron chi connectivity index (χ4n) is 2.55. The van der Waals surface area contributed by atoms with Crippen LogP contribution in [0, 0.1) is 24.0 Å². The Bertz CT molecular complexity index is 1090. The van der Waals surface area contributed by atoms with Crippen molar-refractivity contribution in [3.63, 3.8) is 0 Å². The molecule has 0 aromatic heterocycles. The number of nitro groups is 1. The van der Waals surface area contributed by atoms with Crippen molar-refractivity contribution < 1.29 is 18.1 Å². The molecule has 0 bridgehead atoms. The molecule has 9 nitrogen and oxygen atoms in total. The second-order valence-corrected chi connectivity index (χ2v) is 8.63. The molecule has 0 saturated heterocycles. The van der Waals surface area contributed by atoms with E-state index in [1.165, 1.54) is 18.2 Å². The summed E-state index contributed by atoms with van der Waals surface area (Å²) in [7, 11) is -3.72. The zero-order valence-corrected chi connectivity index (χ0v) is 17.5. The number of amides is 1. The Morgan fingerprint density at radius 3 is 2.55 bits per heavy atom. The zero-order valence-electron chi connectivity index (χ0n) is 15.9. The molecule has 0 radical (unpaired) electrons. The number of sulfonamides is 1.